The van der Waals surface area contributed by atoms with E-state index in [0.717, 1.165) is 0 Å². The Morgan fingerprint density at radius 2 is 2.00 bits per heavy atom. The molecule has 0 saturated heterocycles. The second-order valence-corrected chi connectivity index (χ2v) is 5.85. The SMILES string of the molecule is Cc1cc2c(cc1Br)C(C)(C)CCC2. The van der Waals surface area contributed by atoms with Crippen molar-refractivity contribution in [2.75, 3.05) is 0 Å². The summed E-state index contributed by atoms with van der Waals surface area (Å²) in [4.78, 5) is 0. The van der Waals surface area contributed by atoms with Gasteiger partial charge in [-0.05, 0) is 54.4 Å². The van der Waals surface area contributed by atoms with Gasteiger partial charge in [-0.1, -0.05) is 35.8 Å². The monoisotopic (exact) mass is 252 g/mol. The average molecular weight is 253 g/mol. The molecule has 1 heteroatoms. The largest absolute Gasteiger partial charge is 0.0558 e. The fraction of sp³-hybridized carbons (Fsp3) is 0.538. The molecule has 0 radical (unpaired) electrons. The van der Waals surface area contributed by atoms with E-state index in [1.54, 1.807) is 11.1 Å². The number of fused-ring (bicyclic) bond motifs is 1. The van der Waals surface area contributed by atoms with Crippen LogP contribution in [0.4, 0.5) is 0 Å². The van der Waals surface area contributed by atoms with Crippen molar-refractivity contribution in [1.29, 1.82) is 0 Å². The Kier molecular flexibility index (Phi) is 2.46. The second kappa shape index (κ2) is 3.37. The number of benzene rings is 1. The molecule has 1 aliphatic carbocycles. The lowest BCUT2D eigenvalue weighted by molar-refractivity contribution is 0.431. The predicted octanol–water partition coefficient (Wildman–Crippen LogP) is 4.37. The molecule has 14 heavy (non-hydrogen) atoms. The van der Waals surface area contributed by atoms with Crippen LogP contribution in [0.25, 0.3) is 0 Å². The molecule has 2 rings (SSSR count). The highest BCUT2D eigenvalue weighted by atomic mass is 79.9. The highest BCUT2D eigenvalue weighted by molar-refractivity contribution is 9.10. The molecule has 76 valence electrons. The number of rotatable bonds is 0. The number of aryl methyl sites for hydroxylation is 2. The molecule has 0 aromatic heterocycles. The summed E-state index contributed by atoms with van der Waals surface area (Å²) in [6, 6.07) is 4.67. The van der Waals surface area contributed by atoms with Gasteiger partial charge in [-0.3, -0.25) is 0 Å². The molecule has 0 saturated carbocycles. The first-order chi connectivity index (χ1) is 6.50. The third kappa shape index (κ3) is 1.63. The van der Waals surface area contributed by atoms with Crippen LogP contribution in [0.2, 0.25) is 0 Å². The van der Waals surface area contributed by atoms with Crippen molar-refractivity contribution in [2.24, 2.45) is 0 Å². The van der Waals surface area contributed by atoms with Gasteiger partial charge in [0.1, 0.15) is 0 Å². The smallest absolute Gasteiger partial charge is 0.0207 e. The summed E-state index contributed by atoms with van der Waals surface area (Å²) >= 11 is 3.63. The predicted molar refractivity (Wildman–Crippen MR) is 64.8 cm³/mol. The minimum Gasteiger partial charge on any atom is -0.0558 e. The van der Waals surface area contributed by atoms with E-state index in [2.05, 4.69) is 48.8 Å². The summed E-state index contributed by atoms with van der Waals surface area (Å²) in [6.45, 7) is 6.88. The van der Waals surface area contributed by atoms with Gasteiger partial charge in [-0.2, -0.15) is 0 Å². The van der Waals surface area contributed by atoms with Gasteiger partial charge in [0, 0.05) is 4.47 Å². The number of halogens is 1. The Morgan fingerprint density at radius 3 is 2.71 bits per heavy atom. The van der Waals surface area contributed by atoms with Gasteiger partial charge in [-0.25, -0.2) is 0 Å². The van der Waals surface area contributed by atoms with E-state index >= 15 is 0 Å². The van der Waals surface area contributed by atoms with Gasteiger partial charge in [-0.15, -0.1) is 0 Å². The molecular weight excluding hydrogens is 236 g/mol. The Balaban J connectivity index is 2.59. The highest BCUT2D eigenvalue weighted by Gasteiger charge is 2.27. The molecule has 0 bridgehead atoms. The zero-order chi connectivity index (χ0) is 10.3. The van der Waals surface area contributed by atoms with E-state index in [1.165, 1.54) is 29.3 Å². The van der Waals surface area contributed by atoms with E-state index in [4.69, 9.17) is 0 Å². The Morgan fingerprint density at radius 1 is 1.29 bits per heavy atom. The first-order valence-corrected chi connectivity index (χ1v) is 6.09. The summed E-state index contributed by atoms with van der Waals surface area (Å²) in [5.74, 6) is 0. The van der Waals surface area contributed by atoms with Crippen LogP contribution in [0.15, 0.2) is 16.6 Å². The maximum atomic E-state index is 3.63. The molecule has 0 spiro atoms. The first-order valence-electron chi connectivity index (χ1n) is 5.30. The highest BCUT2D eigenvalue weighted by Crippen LogP contribution is 2.38. The molecular formula is C13H17Br. The molecule has 0 nitrogen and oxygen atoms in total. The van der Waals surface area contributed by atoms with Crippen molar-refractivity contribution in [2.45, 2.75) is 45.4 Å². The molecule has 1 aromatic rings. The lowest BCUT2D eigenvalue weighted by Crippen LogP contribution is -2.23. The van der Waals surface area contributed by atoms with Crippen molar-refractivity contribution in [3.05, 3.63) is 33.3 Å². The van der Waals surface area contributed by atoms with Gasteiger partial charge in [0.2, 0.25) is 0 Å². The van der Waals surface area contributed by atoms with Crippen molar-refractivity contribution in [3.8, 4) is 0 Å². The molecule has 0 aliphatic heterocycles. The third-order valence-electron chi connectivity index (χ3n) is 3.36. The summed E-state index contributed by atoms with van der Waals surface area (Å²) in [6.07, 6.45) is 3.91. The standard InChI is InChI=1S/C13H17Br/c1-9-7-10-5-4-6-13(2,3)11(10)8-12(9)14/h7-8H,4-6H2,1-3H3. The molecule has 0 fully saturated rings. The lowest BCUT2D eigenvalue weighted by atomic mass is 9.72. The van der Waals surface area contributed by atoms with E-state index in [-0.39, 0.29) is 0 Å². The normalized spacial score (nSPS) is 19.1. The van der Waals surface area contributed by atoms with Gasteiger partial charge >= 0.3 is 0 Å². The van der Waals surface area contributed by atoms with E-state index in [1.807, 2.05) is 0 Å². The fourth-order valence-electron chi connectivity index (χ4n) is 2.43. The van der Waals surface area contributed by atoms with Crippen molar-refractivity contribution >= 4 is 15.9 Å². The van der Waals surface area contributed by atoms with Crippen LogP contribution in [0.3, 0.4) is 0 Å². The number of hydrogen-bond donors (Lipinski definition) is 0. The molecule has 1 aromatic carbocycles. The Hall–Kier alpha value is -0.300. The maximum absolute atomic E-state index is 3.63. The van der Waals surface area contributed by atoms with Crippen molar-refractivity contribution in [1.82, 2.24) is 0 Å². The summed E-state index contributed by atoms with van der Waals surface area (Å²) < 4.78 is 1.26. The lowest BCUT2D eigenvalue weighted by Gasteiger charge is -2.33. The van der Waals surface area contributed by atoms with Crippen LogP contribution in [0.5, 0.6) is 0 Å². The van der Waals surface area contributed by atoms with E-state index in [0.29, 0.717) is 5.41 Å². The van der Waals surface area contributed by atoms with Gasteiger partial charge < -0.3 is 0 Å². The van der Waals surface area contributed by atoms with E-state index < -0.39 is 0 Å². The molecule has 0 unspecified atom stereocenters. The zero-order valence-electron chi connectivity index (χ0n) is 9.15. The molecule has 0 heterocycles. The first kappa shape index (κ1) is 10.2. The fourth-order valence-corrected chi connectivity index (χ4v) is 2.78. The van der Waals surface area contributed by atoms with Gasteiger partial charge in [0.15, 0.2) is 0 Å². The summed E-state index contributed by atoms with van der Waals surface area (Å²) in [5, 5.41) is 0. The average Bonchev–Trinajstić information content (AvgIpc) is 2.08. The van der Waals surface area contributed by atoms with Crippen molar-refractivity contribution in [3.63, 3.8) is 0 Å². The zero-order valence-corrected chi connectivity index (χ0v) is 10.7. The van der Waals surface area contributed by atoms with Gasteiger partial charge in [0.25, 0.3) is 0 Å². The van der Waals surface area contributed by atoms with E-state index in [9.17, 15) is 0 Å². The minimum absolute atomic E-state index is 0.365. The molecule has 1 aliphatic rings. The van der Waals surface area contributed by atoms with Gasteiger partial charge in [0.05, 0.1) is 0 Å². The summed E-state index contributed by atoms with van der Waals surface area (Å²) in [7, 11) is 0. The van der Waals surface area contributed by atoms with Crippen LogP contribution in [-0.4, -0.2) is 0 Å². The summed E-state index contributed by atoms with van der Waals surface area (Å²) in [5.41, 5.74) is 4.83. The van der Waals surface area contributed by atoms with Crippen LogP contribution in [-0.2, 0) is 11.8 Å². The quantitative estimate of drug-likeness (QED) is 0.644. The molecule has 0 atom stereocenters. The molecule has 0 amide bonds. The van der Waals surface area contributed by atoms with Crippen LogP contribution in [0, 0.1) is 6.92 Å². The van der Waals surface area contributed by atoms with Crippen LogP contribution < -0.4 is 0 Å². The third-order valence-corrected chi connectivity index (χ3v) is 4.22. The van der Waals surface area contributed by atoms with Crippen LogP contribution >= 0.6 is 15.9 Å². The number of hydrogen-bond acceptors (Lipinski definition) is 0. The Labute approximate surface area is 94.8 Å². The van der Waals surface area contributed by atoms with Crippen molar-refractivity contribution < 1.29 is 0 Å². The second-order valence-electron chi connectivity index (χ2n) is 5.00. The molecule has 0 N–H and O–H groups in total. The Bertz CT molecular complexity index is 364. The minimum atomic E-state index is 0.365. The maximum Gasteiger partial charge on any atom is 0.0207 e. The topological polar surface area (TPSA) is 0 Å². The van der Waals surface area contributed by atoms with Crippen LogP contribution in [0.1, 0.15) is 43.4 Å².